The van der Waals surface area contributed by atoms with Gasteiger partial charge in [0, 0.05) is 11.6 Å². The molecule has 2 rings (SSSR count). The molecule has 1 aromatic carbocycles. The molecule has 0 saturated carbocycles. The van der Waals surface area contributed by atoms with Gasteiger partial charge in [-0.25, -0.2) is 9.97 Å². The lowest BCUT2D eigenvalue weighted by Gasteiger charge is -2.07. The van der Waals surface area contributed by atoms with Gasteiger partial charge in [0.25, 0.3) is 5.91 Å². The van der Waals surface area contributed by atoms with Crippen molar-refractivity contribution < 1.29 is 4.79 Å². The van der Waals surface area contributed by atoms with E-state index >= 15 is 0 Å². The van der Waals surface area contributed by atoms with Crippen molar-refractivity contribution in [1.29, 1.82) is 0 Å². The molecule has 0 saturated heterocycles. The van der Waals surface area contributed by atoms with Crippen molar-refractivity contribution in [3.05, 3.63) is 46.3 Å². The third-order valence-electron chi connectivity index (χ3n) is 2.62. The van der Waals surface area contributed by atoms with E-state index in [0.29, 0.717) is 21.6 Å². The van der Waals surface area contributed by atoms with E-state index in [2.05, 4.69) is 27.5 Å². The van der Waals surface area contributed by atoms with Crippen molar-refractivity contribution in [3.63, 3.8) is 0 Å². The summed E-state index contributed by atoms with van der Waals surface area (Å²) in [5.74, 6) is 0.256. The summed E-state index contributed by atoms with van der Waals surface area (Å²) in [6.07, 6.45) is 3.92. The Morgan fingerprint density at radius 2 is 2.05 bits per heavy atom. The molecule has 0 aliphatic carbocycles. The van der Waals surface area contributed by atoms with Crippen LogP contribution in [0.3, 0.4) is 0 Å². The zero-order chi connectivity index (χ0) is 15.2. The van der Waals surface area contributed by atoms with Crippen LogP contribution < -0.4 is 10.6 Å². The van der Waals surface area contributed by atoms with Crippen LogP contribution in [0.4, 0.5) is 11.5 Å². The van der Waals surface area contributed by atoms with Crippen LogP contribution in [-0.4, -0.2) is 22.4 Å². The van der Waals surface area contributed by atoms with Gasteiger partial charge in [-0.1, -0.05) is 30.1 Å². The molecule has 21 heavy (non-hydrogen) atoms. The van der Waals surface area contributed by atoms with Crippen LogP contribution in [0.1, 0.15) is 23.8 Å². The Morgan fingerprint density at radius 3 is 2.67 bits per heavy atom. The molecule has 7 heteroatoms. The first kappa shape index (κ1) is 15.5. The monoisotopic (exact) mass is 324 g/mol. The molecule has 0 radical (unpaired) electrons. The van der Waals surface area contributed by atoms with Gasteiger partial charge < -0.3 is 10.6 Å². The maximum absolute atomic E-state index is 12.1. The highest BCUT2D eigenvalue weighted by molar-refractivity contribution is 6.36. The van der Waals surface area contributed by atoms with Crippen molar-refractivity contribution in [1.82, 2.24) is 9.97 Å². The zero-order valence-electron chi connectivity index (χ0n) is 11.4. The number of halogens is 2. The van der Waals surface area contributed by atoms with Gasteiger partial charge in [0.2, 0.25) is 0 Å². The van der Waals surface area contributed by atoms with Gasteiger partial charge in [0.15, 0.2) is 0 Å². The molecule has 0 atom stereocenters. The molecular formula is C14H14Cl2N4O. The highest BCUT2D eigenvalue weighted by atomic mass is 35.5. The van der Waals surface area contributed by atoms with E-state index in [4.69, 9.17) is 23.2 Å². The molecule has 0 spiro atoms. The number of anilines is 2. The van der Waals surface area contributed by atoms with Crippen LogP contribution in [0.15, 0.2) is 30.6 Å². The number of amides is 1. The van der Waals surface area contributed by atoms with Crippen molar-refractivity contribution in [3.8, 4) is 0 Å². The molecule has 0 aliphatic rings. The molecule has 2 aromatic rings. The Morgan fingerprint density at radius 1 is 1.24 bits per heavy atom. The second kappa shape index (κ2) is 7.24. The van der Waals surface area contributed by atoms with E-state index < -0.39 is 0 Å². The predicted molar refractivity (Wildman–Crippen MR) is 85.2 cm³/mol. The van der Waals surface area contributed by atoms with Crippen molar-refractivity contribution in [2.45, 2.75) is 13.3 Å². The van der Waals surface area contributed by atoms with Crippen LogP contribution >= 0.6 is 23.2 Å². The van der Waals surface area contributed by atoms with Crippen LogP contribution in [0, 0.1) is 0 Å². The quantitative estimate of drug-likeness (QED) is 0.876. The normalized spacial score (nSPS) is 10.2. The highest BCUT2D eigenvalue weighted by Crippen LogP contribution is 2.25. The number of benzene rings is 1. The van der Waals surface area contributed by atoms with E-state index in [1.807, 2.05) is 0 Å². The largest absolute Gasteiger partial charge is 0.369 e. The Bertz CT molecular complexity index is 631. The van der Waals surface area contributed by atoms with Crippen LogP contribution in [0.25, 0.3) is 0 Å². The average Bonchev–Trinajstić information content (AvgIpc) is 2.48. The lowest BCUT2D eigenvalue weighted by Crippen LogP contribution is -2.15. The van der Waals surface area contributed by atoms with E-state index in [1.54, 1.807) is 18.2 Å². The Kier molecular flexibility index (Phi) is 5.36. The molecule has 1 aromatic heterocycles. The van der Waals surface area contributed by atoms with Gasteiger partial charge in [0.1, 0.15) is 11.5 Å². The lowest BCUT2D eigenvalue weighted by molar-refractivity contribution is 0.102. The molecular weight excluding hydrogens is 311 g/mol. The summed E-state index contributed by atoms with van der Waals surface area (Å²) < 4.78 is 0. The van der Waals surface area contributed by atoms with Crippen LogP contribution in [0.5, 0.6) is 0 Å². The van der Waals surface area contributed by atoms with Crippen LogP contribution in [-0.2, 0) is 0 Å². The number of nitrogens with one attached hydrogen (secondary N) is 2. The minimum Gasteiger partial charge on any atom is -0.369 e. The second-order valence-electron chi connectivity index (χ2n) is 4.29. The van der Waals surface area contributed by atoms with Gasteiger partial charge >= 0.3 is 0 Å². The molecule has 2 N–H and O–H groups in total. The highest BCUT2D eigenvalue weighted by Gasteiger charge is 2.10. The van der Waals surface area contributed by atoms with Gasteiger partial charge in [-0.05, 0) is 24.6 Å². The van der Waals surface area contributed by atoms with E-state index in [1.165, 1.54) is 12.4 Å². The Balaban J connectivity index is 2.06. The molecule has 0 bridgehead atoms. The predicted octanol–water partition coefficient (Wildman–Crippen LogP) is 3.86. The summed E-state index contributed by atoms with van der Waals surface area (Å²) in [7, 11) is 0. The smallest absolute Gasteiger partial charge is 0.275 e. The standard InChI is InChI=1S/C14H14Cl2N4O/c1-2-5-17-13-8-18-12(7-19-13)14(21)20-11-4-3-9(15)6-10(11)16/h3-4,6-8H,2,5H2,1H3,(H,17,19)(H,20,21). The van der Waals surface area contributed by atoms with E-state index in [0.717, 1.165) is 13.0 Å². The average molecular weight is 325 g/mol. The Labute approximate surface area is 132 Å². The fraction of sp³-hybridized carbons (Fsp3) is 0.214. The number of nitrogens with zero attached hydrogens (tertiary/aromatic N) is 2. The fourth-order valence-electron chi connectivity index (χ4n) is 1.57. The minimum absolute atomic E-state index is 0.211. The molecule has 110 valence electrons. The second-order valence-corrected chi connectivity index (χ2v) is 5.14. The summed E-state index contributed by atoms with van der Waals surface area (Å²) in [6.45, 7) is 2.86. The van der Waals surface area contributed by atoms with Crippen molar-refractivity contribution in [2.24, 2.45) is 0 Å². The molecule has 0 aliphatic heterocycles. The molecule has 0 unspecified atom stereocenters. The minimum atomic E-state index is -0.381. The number of rotatable bonds is 5. The third kappa shape index (κ3) is 4.31. The maximum atomic E-state index is 12.1. The first-order chi connectivity index (χ1) is 10.1. The summed E-state index contributed by atoms with van der Waals surface area (Å²) >= 11 is 11.8. The number of hydrogen-bond donors (Lipinski definition) is 2. The summed E-state index contributed by atoms with van der Waals surface area (Å²) in [5.41, 5.74) is 0.684. The maximum Gasteiger partial charge on any atom is 0.275 e. The zero-order valence-corrected chi connectivity index (χ0v) is 12.9. The van der Waals surface area contributed by atoms with Crippen LogP contribution in [0.2, 0.25) is 10.0 Å². The number of hydrogen-bond acceptors (Lipinski definition) is 4. The molecule has 1 amide bonds. The van der Waals surface area contributed by atoms with Gasteiger partial charge in [0.05, 0.1) is 23.1 Å². The summed E-state index contributed by atoms with van der Waals surface area (Å²) in [4.78, 5) is 20.2. The van der Waals surface area contributed by atoms with E-state index in [-0.39, 0.29) is 11.6 Å². The van der Waals surface area contributed by atoms with Gasteiger partial charge in [-0.2, -0.15) is 0 Å². The fourth-order valence-corrected chi connectivity index (χ4v) is 2.02. The number of carbonyl (C=O) groups is 1. The SMILES string of the molecule is CCCNc1cnc(C(=O)Nc2ccc(Cl)cc2Cl)cn1. The Hall–Kier alpha value is -1.85. The molecule has 1 heterocycles. The topological polar surface area (TPSA) is 66.9 Å². The summed E-state index contributed by atoms with van der Waals surface area (Å²) in [6, 6.07) is 4.84. The first-order valence-electron chi connectivity index (χ1n) is 6.42. The third-order valence-corrected chi connectivity index (χ3v) is 3.17. The van der Waals surface area contributed by atoms with Crippen molar-refractivity contribution >= 4 is 40.6 Å². The molecule has 5 nitrogen and oxygen atoms in total. The summed E-state index contributed by atoms with van der Waals surface area (Å²) in [5, 5.41) is 6.62. The van der Waals surface area contributed by atoms with E-state index in [9.17, 15) is 4.79 Å². The number of aromatic nitrogens is 2. The van der Waals surface area contributed by atoms with Gasteiger partial charge in [-0.15, -0.1) is 0 Å². The molecule has 0 fully saturated rings. The van der Waals surface area contributed by atoms with Crippen molar-refractivity contribution in [2.75, 3.05) is 17.2 Å². The number of carbonyl (C=O) groups excluding carboxylic acids is 1. The lowest BCUT2D eigenvalue weighted by atomic mass is 10.3. The first-order valence-corrected chi connectivity index (χ1v) is 7.18. The van der Waals surface area contributed by atoms with Gasteiger partial charge in [-0.3, -0.25) is 4.79 Å².